The average molecular weight is 343 g/mol. The minimum absolute atomic E-state index is 0.0507. The van der Waals surface area contributed by atoms with E-state index in [-0.39, 0.29) is 18.8 Å². The Morgan fingerprint density at radius 2 is 1.96 bits per heavy atom. The summed E-state index contributed by atoms with van der Waals surface area (Å²) in [4.78, 5) is 14.4. The van der Waals surface area contributed by atoms with Crippen molar-refractivity contribution in [3.05, 3.63) is 35.9 Å². The van der Waals surface area contributed by atoms with Crippen molar-refractivity contribution in [1.82, 2.24) is 15.1 Å². The topological polar surface area (TPSA) is 83.0 Å². The molecular weight excluding hydrogens is 326 g/mol. The standard InChI is InChI=1S/C17H17N3O5/c1-22-15-4-5-16(19-18-15)25-12-6-7-20(9-12)17(21)11-2-3-13-14(8-11)24-10-23-13/h2-5,8,12H,6-7,9-10H2,1H3/t12-/m1/s1. The third kappa shape index (κ3) is 3.15. The van der Waals surface area contributed by atoms with E-state index in [1.807, 2.05) is 0 Å². The minimum atomic E-state index is -0.111. The van der Waals surface area contributed by atoms with Gasteiger partial charge in [0.25, 0.3) is 5.91 Å². The lowest BCUT2D eigenvalue weighted by Gasteiger charge is -2.17. The van der Waals surface area contributed by atoms with Gasteiger partial charge >= 0.3 is 0 Å². The molecule has 25 heavy (non-hydrogen) atoms. The highest BCUT2D eigenvalue weighted by atomic mass is 16.7. The maximum atomic E-state index is 12.7. The number of methoxy groups -OCH3 is 1. The van der Waals surface area contributed by atoms with Crippen molar-refractivity contribution in [2.75, 3.05) is 27.0 Å². The third-order valence-corrected chi connectivity index (χ3v) is 4.16. The van der Waals surface area contributed by atoms with Gasteiger partial charge in [-0.05, 0) is 18.2 Å². The minimum Gasteiger partial charge on any atom is -0.480 e. The molecule has 0 spiro atoms. The number of hydrogen-bond acceptors (Lipinski definition) is 7. The number of aromatic nitrogens is 2. The van der Waals surface area contributed by atoms with E-state index in [4.69, 9.17) is 18.9 Å². The van der Waals surface area contributed by atoms with Crippen molar-refractivity contribution in [3.8, 4) is 23.3 Å². The number of rotatable bonds is 4. The second kappa shape index (κ2) is 6.46. The van der Waals surface area contributed by atoms with Gasteiger partial charge in [0.05, 0.1) is 13.7 Å². The van der Waals surface area contributed by atoms with E-state index in [0.717, 1.165) is 6.42 Å². The Bertz CT molecular complexity index is 780. The summed E-state index contributed by atoms with van der Waals surface area (Å²) < 4.78 is 21.4. The Balaban J connectivity index is 1.39. The maximum absolute atomic E-state index is 12.7. The zero-order valence-corrected chi connectivity index (χ0v) is 13.7. The average Bonchev–Trinajstić information content (AvgIpc) is 3.30. The molecule has 1 atom stereocenters. The van der Waals surface area contributed by atoms with Crippen LogP contribution >= 0.6 is 0 Å². The molecule has 2 aromatic rings. The predicted molar refractivity (Wildman–Crippen MR) is 86.1 cm³/mol. The Labute approximate surface area is 144 Å². The summed E-state index contributed by atoms with van der Waals surface area (Å²) in [5, 5.41) is 7.82. The lowest BCUT2D eigenvalue weighted by molar-refractivity contribution is 0.0770. The summed E-state index contributed by atoms with van der Waals surface area (Å²) in [5.41, 5.74) is 0.578. The lowest BCUT2D eigenvalue weighted by Crippen LogP contribution is -2.31. The molecule has 1 aromatic heterocycles. The fraction of sp³-hybridized carbons (Fsp3) is 0.353. The molecule has 0 aliphatic carbocycles. The van der Waals surface area contributed by atoms with Crippen LogP contribution in [0.3, 0.4) is 0 Å². The fourth-order valence-corrected chi connectivity index (χ4v) is 2.87. The third-order valence-electron chi connectivity index (χ3n) is 4.16. The predicted octanol–water partition coefficient (Wildman–Crippen LogP) is 1.51. The molecule has 0 unspecified atom stereocenters. The van der Waals surface area contributed by atoms with Crippen molar-refractivity contribution in [2.24, 2.45) is 0 Å². The number of carbonyl (C=O) groups is 1. The summed E-state index contributed by atoms with van der Waals surface area (Å²) in [7, 11) is 1.53. The van der Waals surface area contributed by atoms with Crippen molar-refractivity contribution >= 4 is 5.91 Å². The largest absolute Gasteiger partial charge is 0.480 e. The van der Waals surface area contributed by atoms with Crippen LogP contribution in [0.1, 0.15) is 16.8 Å². The first-order valence-electron chi connectivity index (χ1n) is 7.96. The van der Waals surface area contributed by atoms with E-state index in [1.165, 1.54) is 7.11 Å². The van der Waals surface area contributed by atoms with Crippen LogP contribution in [0.2, 0.25) is 0 Å². The van der Waals surface area contributed by atoms with E-state index in [9.17, 15) is 4.79 Å². The molecule has 2 aliphatic rings. The zero-order chi connectivity index (χ0) is 17.2. The lowest BCUT2D eigenvalue weighted by atomic mass is 10.2. The SMILES string of the molecule is COc1ccc(O[C@@H]2CCN(C(=O)c3ccc4c(c3)OCO4)C2)nn1. The molecule has 0 saturated carbocycles. The van der Waals surface area contributed by atoms with Gasteiger partial charge in [-0.25, -0.2) is 0 Å². The second-order valence-electron chi connectivity index (χ2n) is 5.76. The van der Waals surface area contributed by atoms with Gasteiger partial charge in [-0.3, -0.25) is 4.79 Å². The maximum Gasteiger partial charge on any atom is 0.254 e. The van der Waals surface area contributed by atoms with E-state index >= 15 is 0 Å². The van der Waals surface area contributed by atoms with Crippen LogP contribution in [-0.4, -0.2) is 54.1 Å². The molecule has 0 bridgehead atoms. The highest BCUT2D eigenvalue weighted by Crippen LogP contribution is 2.33. The Morgan fingerprint density at radius 1 is 1.16 bits per heavy atom. The van der Waals surface area contributed by atoms with Gasteiger partial charge in [0.2, 0.25) is 18.6 Å². The first kappa shape index (κ1) is 15.5. The summed E-state index contributed by atoms with van der Waals surface area (Å²) in [5.74, 6) is 2.07. The fourth-order valence-electron chi connectivity index (χ4n) is 2.87. The molecule has 1 fully saturated rings. The molecule has 1 saturated heterocycles. The highest BCUT2D eigenvalue weighted by Gasteiger charge is 2.29. The van der Waals surface area contributed by atoms with Crippen LogP contribution in [0.5, 0.6) is 23.3 Å². The molecule has 8 nitrogen and oxygen atoms in total. The Kier molecular flexibility index (Phi) is 4.01. The van der Waals surface area contributed by atoms with E-state index in [0.29, 0.717) is 41.9 Å². The monoisotopic (exact) mass is 343 g/mol. The van der Waals surface area contributed by atoms with Gasteiger partial charge in [0, 0.05) is 30.7 Å². The molecule has 8 heteroatoms. The first-order valence-corrected chi connectivity index (χ1v) is 7.96. The van der Waals surface area contributed by atoms with E-state index < -0.39 is 0 Å². The van der Waals surface area contributed by atoms with Gasteiger partial charge in [0.1, 0.15) is 6.10 Å². The molecule has 2 aliphatic heterocycles. The van der Waals surface area contributed by atoms with E-state index in [1.54, 1.807) is 35.2 Å². The normalized spacial score (nSPS) is 18.3. The van der Waals surface area contributed by atoms with Crippen molar-refractivity contribution in [2.45, 2.75) is 12.5 Å². The second-order valence-corrected chi connectivity index (χ2v) is 5.76. The zero-order valence-electron chi connectivity index (χ0n) is 13.7. The van der Waals surface area contributed by atoms with Crippen molar-refractivity contribution < 1.29 is 23.7 Å². The molecule has 3 heterocycles. The number of benzene rings is 1. The van der Waals surface area contributed by atoms with Gasteiger partial charge in [-0.2, -0.15) is 0 Å². The van der Waals surface area contributed by atoms with E-state index in [2.05, 4.69) is 10.2 Å². The summed E-state index contributed by atoms with van der Waals surface area (Å²) in [6.07, 6.45) is 0.630. The van der Waals surface area contributed by atoms with Gasteiger partial charge < -0.3 is 23.8 Å². The van der Waals surface area contributed by atoms with Gasteiger partial charge in [-0.15, -0.1) is 10.2 Å². The molecule has 0 radical (unpaired) electrons. The Morgan fingerprint density at radius 3 is 2.76 bits per heavy atom. The first-order chi connectivity index (χ1) is 12.2. The van der Waals surface area contributed by atoms with Crippen LogP contribution in [0.25, 0.3) is 0 Å². The molecule has 0 N–H and O–H groups in total. The molecule has 130 valence electrons. The number of nitrogens with zero attached hydrogens (tertiary/aromatic N) is 3. The summed E-state index contributed by atoms with van der Waals surface area (Å²) >= 11 is 0. The number of amides is 1. The number of likely N-dealkylation sites (tertiary alicyclic amines) is 1. The number of fused-ring (bicyclic) bond motifs is 1. The van der Waals surface area contributed by atoms with Crippen molar-refractivity contribution in [3.63, 3.8) is 0 Å². The number of carbonyl (C=O) groups excluding carboxylic acids is 1. The number of hydrogen-bond donors (Lipinski definition) is 0. The summed E-state index contributed by atoms with van der Waals surface area (Å²) in [6.45, 7) is 1.32. The van der Waals surface area contributed by atoms with Crippen LogP contribution in [0.4, 0.5) is 0 Å². The highest BCUT2D eigenvalue weighted by molar-refractivity contribution is 5.95. The van der Waals surface area contributed by atoms with Crippen LogP contribution in [0, 0.1) is 0 Å². The molecular formula is C17H17N3O5. The summed E-state index contributed by atoms with van der Waals surface area (Å²) in [6, 6.07) is 8.61. The molecule has 4 rings (SSSR count). The smallest absolute Gasteiger partial charge is 0.254 e. The molecule has 1 amide bonds. The van der Waals surface area contributed by atoms with Gasteiger partial charge in [-0.1, -0.05) is 0 Å². The molecule has 1 aromatic carbocycles. The van der Waals surface area contributed by atoms with Crippen LogP contribution in [-0.2, 0) is 0 Å². The Hall–Kier alpha value is -3.03. The number of ether oxygens (including phenoxy) is 4. The van der Waals surface area contributed by atoms with Crippen LogP contribution < -0.4 is 18.9 Å². The van der Waals surface area contributed by atoms with Crippen LogP contribution in [0.15, 0.2) is 30.3 Å². The quantitative estimate of drug-likeness (QED) is 0.832. The van der Waals surface area contributed by atoms with Crippen molar-refractivity contribution in [1.29, 1.82) is 0 Å². The van der Waals surface area contributed by atoms with Gasteiger partial charge in [0.15, 0.2) is 11.5 Å².